The zero-order valence-electron chi connectivity index (χ0n) is 18.9. The van der Waals surface area contributed by atoms with Gasteiger partial charge in [-0.3, -0.25) is 23.7 Å². The molecule has 0 bridgehead atoms. The Kier molecular flexibility index (Phi) is 9.33. The smallest absolute Gasteiger partial charge is 0.330 e. The lowest BCUT2D eigenvalue weighted by molar-refractivity contribution is -0.149. The maximum Gasteiger partial charge on any atom is 0.330 e. The van der Waals surface area contributed by atoms with E-state index >= 15 is 0 Å². The first-order valence-electron chi connectivity index (χ1n) is 10.4. The molecule has 1 aliphatic rings. The lowest BCUT2D eigenvalue weighted by Gasteiger charge is -2.25. The summed E-state index contributed by atoms with van der Waals surface area (Å²) < 4.78 is 31.1. The van der Waals surface area contributed by atoms with Gasteiger partial charge < -0.3 is 19.1 Å². The number of ether oxygens (including phenoxy) is 2. The van der Waals surface area contributed by atoms with Crippen molar-refractivity contribution in [1.29, 1.82) is 0 Å². The zero-order valence-corrected chi connectivity index (χ0v) is 20.6. The molecule has 13 heteroatoms. The fourth-order valence-electron chi connectivity index (χ4n) is 3.14. The number of hydrogen-bond donors (Lipinski definition) is 3. The number of aliphatic hydroxyl groups is 1. The van der Waals surface area contributed by atoms with E-state index in [9.17, 15) is 24.1 Å². The summed E-state index contributed by atoms with van der Waals surface area (Å²) in [5.74, 6) is -0.00650. The lowest BCUT2D eigenvalue weighted by Crippen LogP contribution is -2.40. The molecule has 2 heterocycles. The number of nitrogens with zero attached hydrogens (tertiary/aromatic N) is 1. The van der Waals surface area contributed by atoms with E-state index in [-0.39, 0.29) is 19.1 Å². The summed E-state index contributed by atoms with van der Waals surface area (Å²) in [6.45, 7) is 4.78. The van der Waals surface area contributed by atoms with Gasteiger partial charge in [-0.2, -0.15) is 0 Å². The Morgan fingerprint density at radius 3 is 2.75 bits per heavy atom. The molecule has 5 unspecified atom stereocenters. The van der Waals surface area contributed by atoms with Gasteiger partial charge in [0.05, 0.1) is 18.8 Å². The highest BCUT2D eigenvalue weighted by molar-refractivity contribution is 8.56. The molecule has 1 fully saturated rings. The second kappa shape index (κ2) is 11.1. The van der Waals surface area contributed by atoms with Crippen molar-refractivity contribution in [3.8, 4) is 0 Å². The number of aromatic nitrogens is 2. The fraction of sp³-hybridized carbons (Fsp3) is 0.737. The Morgan fingerprint density at radius 2 is 2.16 bits per heavy atom. The molecular formula is C19H32N3O8PS. The normalized spacial score (nSPS) is 26.1. The second-order valence-corrected chi connectivity index (χ2v) is 12.5. The van der Waals surface area contributed by atoms with Crippen molar-refractivity contribution in [3.05, 3.63) is 33.1 Å². The summed E-state index contributed by atoms with van der Waals surface area (Å²) >= 11 is 1.07. The van der Waals surface area contributed by atoms with Crippen molar-refractivity contribution in [2.45, 2.75) is 77.5 Å². The van der Waals surface area contributed by atoms with Gasteiger partial charge >= 0.3 is 18.4 Å². The summed E-state index contributed by atoms with van der Waals surface area (Å²) in [5.41, 5.74) is -2.71. The molecule has 2 rings (SSSR count). The van der Waals surface area contributed by atoms with E-state index in [2.05, 4.69) is 10.1 Å². The SMILES string of the molecule is CCCSP(=O)(NC(C)C(=O)OC(C)C)OCC1CC(C)(O)C(n2ccc(=O)[nH]c2=O)O1. The van der Waals surface area contributed by atoms with Crippen LogP contribution < -0.4 is 16.3 Å². The van der Waals surface area contributed by atoms with Gasteiger partial charge in [-0.05, 0) is 34.1 Å². The standard InChI is InChI=1S/C19H32N3O8PS/c1-6-9-32-31(27,21-13(4)16(24)29-12(2)3)28-11-14-10-19(5,26)17(30-14)22-8-7-15(23)20-18(22)25/h7-8,12-14,17,26H,6,9-11H2,1-5H3,(H,21,27)(H,20,23,25). The van der Waals surface area contributed by atoms with Crippen molar-refractivity contribution in [1.82, 2.24) is 14.6 Å². The van der Waals surface area contributed by atoms with Crippen LogP contribution in [0.2, 0.25) is 0 Å². The van der Waals surface area contributed by atoms with E-state index in [1.165, 1.54) is 13.1 Å². The first kappa shape index (κ1) is 26.8. The second-order valence-electron chi connectivity index (χ2n) is 8.15. The molecule has 1 aliphatic heterocycles. The molecule has 0 saturated carbocycles. The van der Waals surface area contributed by atoms with Crippen LogP contribution in [0.4, 0.5) is 0 Å². The van der Waals surface area contributed by atoms with Crippen molar-refractivity contribution >= 4 is 24.1 Å². The number of hydrogen-bond acceptors (Lipinski definition) is 9. The van der Waals surface area contributed by atoms with Crippen LogP contribution in [0, 0.1) is 0 Å². The van der Waals surface area contributed by atoms with Gasteiger partial charge in [0.15, 0.2) is 6.23 Å². The first-order chi connectivity index (χ1) is 14.9. The van der Waals surface area contributed by atoms with E-state index in [1.807, 2.05) is 6.92 Å². The molecule has 3 N–H and O–H groups in total. The summed E-state index contributed by atoms with van der Waals surface area (Å²) in [5, 5.41) is 13.5. The van der Waals surface area contributed by atoms with Gasteiger partial charge in [-0.25, -0.2) is 9.88 Å². The lowest BCUT2D eigenvalue weighted by atomic mass is 10.0. The van der Waals surface area contributed by atoms with E-state index in [4.69, 9.17) is 14.0 Å². The summed E-state index contributed by atoms with van der Waals surface area (Å²) in [7, 11) is 0. The van der Waals surface area contributed by atoms with E-state index < -0.39 is 47.9 Å². The fourth-order valence-corrected chi connectivity index (χ4v) is 7.10. The molecule has 1 aromatic heterocycles. The molecule has 32 heavy (non-hydrogen) atoms. The van der Waals surface area contributed by atoms with Crippen LogP contribution in [0.3, 0.4) is 0 Å². The quantitative estimate of drug-likeness (QED) is 0.307. The minimum absolute atomic E-state index is 0.104. The summed E-state index contributed by atoms with van der Waals surface area (Å²) in [6.07, 6.45) is 0.0517. The van der Waals surface area contributed by atoms with Gasteiger partial charge in [0, 0.05) is 24.4 Å². The number of nitrogens with one attached hydrogen (secondary N) is 2. The van der Waals surface area contributed by atoms with Crippen LogP contribution in [-0.4, -0.2) is 56.8 Å². The van der Waals surface area contributed by atoms with Crippen LogP contribution in [0.25, 0.3) is 0 Å². The Balaban J connectivity index is 2.08. The Hall–Kier alpha value is -1.43. The number of carbonyl (C=O) groups is 1. The van der Waals surface area contributed by atoms with Gasteiger partial charge in [0.1, 0.15) is 11.6 Å². The van der Waals surface area contributed by atoms with Gasteiger partial charge in [0.2, 0.25) is 0 Å². The average molecular weight is 494 g/mol. The molecule has 0 aromatic carbocycles. The van der Waals surface area contributed by atoms with Crippen molar-refractivity contribution in [3.63, 3.8) is 0 Å². The number of H-pyrrole nitrogens is 1. The molecular weight excluding hydrogens is 461 g/mol. The van der Waals surface area contributed by atoms with E-state index in [0.717, 1.165) is 28.4 Å². The summed E-state index contributed by atoms with van der Waals surface area (Å²) in [4.78, 5) is 37.7. The maximum absolute atomic E-state index is 13.3. The van der Waals surface area contributed by atoms with E-state index in [1.54, 1.807) is 20.8 Å². The molecule has 0 radical (unpaired) electrons. The highest BCUT2D eigenvalue weighted by atomic mass is 32.7. The number of esters is 1. The predicted octanol–water partition coefficient (Wildman–Crippen LogP) is 1.77. The highest BCUT2D eigenvalue weighted by Crippen LogP contribution is 2.57. The molecule has 182 valence electrons. The molecule has 11 nitrogen and oxygen atoms in total. The third kappa shape index (κ3) is 7.29. The van der Waals surface area contributed by atoms with Crippen LogP contribution in [-0.2, 0) is 23.4 Å². The average Bonchev–Trinajstić information content (AvgIpc) is 2.98. The molecule has 0 amide bonds. The highest BCUT2D eigenvalue weighted by Gasteiger charge is 2.46. The van der Waals surface area contributed by atoms with Crippen molar-refractivity contribution in [2.24, 2.45) is 0 Å². The van der Waals surface area contributed by atoms with E-state index in [0.29, 0.717) is 5.75 Å². The monoisotopic (exact) mass is 493 g/mol. The molecule has 5 atom stereocenters. The minimum atomic E-state index is -3.50. The third-order valence-electron chi connectivity index (χ3n) is 4.55. The largest absolute Gasteiger partial charge is 0.462 e. The first-order valence-corrected chi connectivity index (χ1v) is 13.6. The number of rotatable bonds is 11. The Labute approximate surface area is 190 Å². The number of carbonyl (C=O) groups excluding carboxylic acids is 1. The van der Waals surface area contributed by atoms with Crippen LogP contribution in [0.1, 0.15) is 53.7 Å². The van der Waals surface area contributed by atoms with Crippen LogP contribution in [0.5, 0.6) is 0 Å². The molecule has 1 aromatic rings. The zero-order chi connectivity index (χ0) is 24.1. The van der Waals surface area contributed by atoms with Crippen molar-refractivity contribution in [2.75, 3.05) is 12.4 Å². The van der Waals surface area contributed by atoms with Crippen molar-refractivity contribution < 1.29 is 28.5 Å². The number of aromatic amines is 1. The molecule has 1 saturated heterocycles. The molecule has 0 aliphatic carbocycles. The Bertz CT molecular complexity index is 947. The molecule has 0 spiro atoms. The summed E-state index contributed by atoms with van der Waals surface area (Å²) in [6, 6.07) is 0.301. The van der Waals surface area contributed by atoms with Crippen LogP contribution >= 0.6 is 18.1 Å². The van der Waals surface area contributed by atoms with Gasteiger partial charge in [-0.1, -0.05) is 18.3 Å². The predicted molar refractivity (Wildman–Crippen MR) is 121 cm³/mol. The van der Waals surface area contributed by atoms with Crippen LogP contribution in [0.15, 0.2) is 21.9 Å². The van der Waals surface area contributed by atoms with Gasteiger partial charge in [-0.15, -0.1) is 0 Å². The third-order valence-corrected chi connectivity index (χ3v) is 8.87. The Morgan fingerprint density at radius 1 is 1.47 bits per heavy atom. The maximum atomic E-state index is 13.3. The van der Waals surface area contributed by atoms with Gasteiger partial charge in [0.25, 0.3) is 5.56 Å². The topological polar surface area (TPSA) is 149 Å². The minimum Gasteiger partial charge on any atom is -0.462 e.